The summed E-state index contributed by atoms with van der Waals surface area (Å²) in [5.74, 6) is 0.834. The highest BCUT2D eigenvalue weighted by atomic mass is 32.1. The molecule has 4 nitrogen and oxygen atoms in total. The highest BCUT2D eigenvalue weighted by Crippen LogP contribution is 2.46. The largest absolute Gasteiger partial charge is 0.382 e. The minimum Gasteiger partial charge on any atom is -0.382 e. The second-order valence-electron chi connectivity index (χ2n) is 7.48. The van der Waals surface area contributed by atoms with Gasteiger partial charge in [-0.25, -0.2) is 4.98 Å². The average molecular weight is 346 g/mol. The Morgan fingerprint density at radius 1 is 1.25 bits per heavy atom. The highest BCUT2D eigenvalue weighted by Gasteiger charge is 2.49. The molecule has 4 rings (SSSR count). The van der Waals surface area contributed by atoms with Crippen LogP contribution in [0.15, 0.2) is 24.5 Å². The van der Waals surface area contributed by atoms with Crippen LogP contribution < -0.4 is 0 Å². The zero-order valence-corrected chi connectivity index (χ0v) is 15.4. The first-order valence-corrected chi connectivity index (χ1v) is 9.94. The fourth-order valence-electron chi connectivity index (χ4n) is 4.64. The van der Waals surface area contributed by atoms with E-state index < -0.39 is 5.60 Å². The van der Waals surface area contributed by atoms with Crippen molar-refractivity contribution in [2.24, 2.45) is 7.05 Å². The number of piperidine rings is 1. The molecule has 3 atom stereocenters. The summed E-state index contributed by atoms with van der Waals surface area (Å²) in [6.07, 6.45) is 10.1. The van der Waals surface area contributed by atoms with E-state index in [4.69, 9.17) is 0 Å². The molecule has 0 saturated carbocycles. The Kier molecular flexibility index (Phi) is 4.27. The fraction of sp³-hybridized carbons (Fsp3) is 0.632. The van der Waals surface area contributed by atoms with Gasteiger partial charge in [-0.3, -0.25) is 4.90 Å². The summed E-state index contributed by atoms with van der Waals surface area (Å²) in [6, 6.07) is 5.54. The highest BCUT2D eigenvalue weighted by molar-refractivity contribution is 7.11. The monoisotopic (exact) mass is 345 g/mol. The van der Waals surface area contributed by atoms with E-state index in [0.29, 0.717) is 12.1 Å². The van der Waals surface area contributed by atoms with Crippen LogP contribution >= 0.6 is 11.3 Å². The Labute approximate surface area is 148 Å². The normalized spacial score (nSPS) is 30.1. The molecule has 0 spiro atoms. The molecule has 130 valence electrons. The maximum atomic E-state index is 11.2. The number of hydrogen-bond acceptors (Lipinski definition) is 4. The van der Waals surface area contributed by atoms with Crippen LogP contribution in [0.2, 0.25) is 0 Å². The summed E-state index contributed by atoms with van der Waals surface area (Å²) < 4.78 is 1.98. The quantitative estimate of drug-likeness (QED) is 0.902. The lowest BCUT2D eigenvalue weighted by atomic mass is 9.85. The molecule has 4 heterocycles. The number of rotatable bonds is 5. The lowest BCUT2D eigenvalue weighted by Crippen LogP contribution is -2.49. The molecule has 1 unspecified atom stereocenters. The summed E-state index contributed by atoms with van der Waals surface area (Å²) in [7, 11) is 1.98. The van der Waals surface area contributed by atoms with Crippen molar-refractivity contribution in [2.45, 2.75) is 69.7 Å². The van der Waals surface area contributed by atoms with Crippen molar-refractivity contribution >= 4 is 11.3 Å². The first kappa shape index (κ1) is 16.3. The number of thiophene rings is 1. The molecule has 2 aliphatic rings. The van der Waals surface area contributed by atoms with Gasteiger partial charge >= 0.3 is 0 Å². The molecular formula is C19H27N3OS. The van der Waals surface area contributed by atoms with Crippen LogP contribution in [-0.4, -0.2) is 31.6 Å². The fourth-order valence-corrected chi connectivity index (χ4v) is 5.77. The van der Waals surface area contributed by atoms with Gasteiger partial charge in [-0.15, -0.1) is 11.3 Å². The van der Waals surface area contributed by atoms with E-state index in [2.05, 4.69) is 28.9 Å². The first-order valence-electron chi connectivity index (χ1n) is 9.12. The summed E-state index contributed by atoms with van der Waals surface area (Å²) in [6.45, 7) is 3.28. The van der Waals surface area contributed by atoms with Crippen molar-refractivity contribution < 1.29 is 5.11 Å². The van der Waals surface area contributed by atoms with Gasteiger partial charge in [0.15, 0.2) is 0 Å². The predicted octanol–water partition coefficient (Wildman–Crippen LogP) is 3.45. The van der Waals surface area contributed by atoms with Gasteiger partial charge in [0.1, 0.15) is 11.4 Å². The van der Waals surface area contributed by atoms with Gasteiger partial charge in [0.25, 0.3) is 0 Å². The van der Waals surface area contributed by atoms with Gasteiger partial charge in [0, 0.05) is 47.8 Å². The van der Waals surface area contributed by atoms with Crippen LogP contribution in [0.25, 0.3) is 0 Å². The number of hydrogen-bond donors (Lipinski definition) is 1. The third kappa shape index (κ3) is 2.83. The molecule has 5 heteroatoms. The minimum atomic E-state index is -0.761. The van der Waals surface area contributed by atoms with Gasteiger partial charge in [0.05, 0.1) is 0 Å². The number of aliphatic hydroxyl groups is 1. The lowest BCUT2D eigenvalue weighted by Gasteiger charge is -2.43. The van der Waals surface area contributed by atoms with Crippen LogP contribution in [0, 0.1) is 0 Å². The van der Waals surface area contributed by atoms with Crippen LogP contribution in [0.3, 0.4) is 0 Å². The van der Waals surface area contributed by atoms with Crippen LogP contribution in [-0.2, 0) is 25.6 Å². The van der Waals surface area contributed by atoms with E-state index in [1.54, 1.807) is 6.20 Å². The predicted molar refractivity (Wildman–Crippen MR) is 97.0 cm³/mol. The van der Waals surface area contributed by atoms with Crippen LogP contribution in [0.5, 0.6) is 0 Å². The van der Waals surface area contributed by atoms with Crippen molar-refractivity contribution in [1.29, 1.82) is 0 Å². The van der Waals surface area contributed by atoms with E-state index in [1.165, 1.54) is 35.4 Å². The Bertz CT molecular complexity index is 693. The Morgan fingerprint density at radius 3 is 2.58 bits per heavy atom. The first-order chi connectivity index (χ1) is 11.6. The Morgan fingerprint density at radius 2 is 1.96 bits per heavy atom. The Balaban J connectivity index is 1.49. The molecule has 24 heavy (non-hydrogen) atoms. The maximum Gasteiger partial charge on any atom is 0.140 e. The summed E-state index contributed by atoms with van der Waals surface area (Å²) in [4.78, 5) is 10.0. The van der Waals surface area contributed by atoms with Gasteiger partial charge in [-0.05, 0) is 44.2 Å². The van der Waals surface area contributed by atoms with Crippen LogP contribution in [0.4, 0.5) is 0 Å². The molecule has 2 bridgehead atoms. The zero-order chi connectivity index (χ0) is 16.7. The zero-order valence-electron chi connectivity index (χ0n) is 14.6. The minimum absolute atomic E-state index is 0.474. The second-order valence-corrected chi connectivity index (χ2v) is 8.73. The van der Waals surface area contributed by atoms with Crippen molar-refractivity contribution in [3.8, 4) is 0 Å². The van der Waals surface area contributed by atoms with Crippen molar-refractivity contribution in [1.82, 2.24) is 14.5 Å². The van der Waals surface area contributed by atoms with E-state index in [-0.39, 0.29) is 0 Å². The van der Waals surface area contributed by atoms with Crippen molar-refractivity contribution in [2.75, 3.05) is 0 Å². The van der Waals surface area contributed by atoms with Gasteiger partial charge in [0.2, 0.25) is 0 Å². The smallest absolute Gasteiger partial charge is 0.140 e. The van der Waals surface area contributed by atoms with E-state index in [0.717, 1.165) is 25.2 Å². The van der Waals surface area contributed by atoms with Gasteiger partial charge in [-0.2, -0.15) is 0 Å². The number of aryl methyl sites for hydroxylation is 2. The second kappa shape index (κ2) is 6.28. The number of fused-ring (bicyclic) bond motifs is 2. The molecule has 2 aromatic heterocycles. The summed E-state index contributed by atoms with van der Waals surface area (Å²) in [5.41, 5.74) is -0.761. The van der Waals surface area contributed by atoms with E-state index in [9.17, 15) is 5.11 Å². The molecular weight excluding hydrogens is 318 g/mol. The van der Waals surface area contributed by atoms with Crippen molar-refractivity contribution in [3.05, 3.63) is 40.1 Å². The number of nitrogens with zero attached hydrogens (tertiary/aromatic N) is 3. The molecule has 0 radical (unpaired) electrons. The van der Waals surface area contributed by atoms with Gasteiger partial charge in [-0.1, -0.05) is 13.3 Å². The lowest BCUT2D eigenvalue weighted by molar-refractivity contribution is -0.0667. The third-order valence-corrected chi connectivity index (χ3v) is 6.84. The molecule has 0 amide bonds. The summed E-state index contributed by atoms with van der Waals surface area (Å²) >= 11 is 1.96. The Hall–Kier alpha value is -1.17. The molecule has 2 saturated heterocycles. The molecule has 2 aliphatic heterocycles. The SMILES string of the molecule is CCCc1ccc(CN2[C@@H]3CC[C@H]2CC(O)(c2nccn2C)C3)s1. The van der Waals surface area contributed by atoms with Crippen molar-refractivity contribution in [3.63, 3.8) is 0 Å². The van der Waals surface area contributed by atoms with Crippen LogP contribution in [0.1, 0.15) is 54.6 Å². The topological polar surface area (TPSA) is 41.3 Å². The average Bonchev–Trinajstić information content (AvgIpc) is 3.22. The molecule has 2 fully saturated rings. The number of imidazole rings is 1. The number of aromatic nitrogens is 2. The molecule has 0 aromatic carbocycles. The summed E-state index contributed by atoms with van der Waals surface area (Å²) in [5, 5.41) is 11.2. The molecule has 0 aliphatic carbocycles. The standard InChI is InChI=1S/C19H27N3OS/c1-3-4-16-7-8-17(24-16)13-22-14-5-6-15(22)12-19(23,11-14)18-20-9-10-21(18)2/h7-10,14-15,23H,3-6,11-13H2,1-2H3/t14-,15+,19?. The van der Waals surface area contributed by atoms with Gasteiger partial charge < -0.3 is 9.67 Å². The third-order valence-electron chi connectivity index (χ3n) is 5.71. The van der Waals surface area contributed by atoms with E-state index in [1.807, 2.05) is 29.1 Å². The molecule has 2 aromatic rings. The maximum absolute atomic E-state index is 11.2. The van der Waals surface area contributed by atoms with E-state index >= 15 is 0 Å². The molecule has 1 N–H and O–H groups in total.